The summed E-state index contributed by atoms with van der Waals surface area (Å²) in [5.74, 6) is 0.180. The molecule has 0 saturated carbocycles. The van der Waals surface area contributed by atoms with Gasteiger partial charge in [-0.05, 0) is 67.8 Å². The summed E-state index contributed by atoms with van der Waals surface area (Å²) in [6, 6.07) is 14.6. The summed E-state index contributed by atoms with van der Waals surface area (Å²) in [6.45, 7) is 6.01. The average Bonchev–Trinajstić information content (AvgIpc) is 3.09. The first-order valence-electron chi connectivity index (χ1n) is 9.07. The Balaban J connectivity index is 1.70. The van der Waals surface area contributed by atoms with E-state index in [0.29, 0.717) is 22.2 Å². The Labute approximate surface area is 178 Å². The number of aromatic nitrogens is 1. The minimum Gasteiger partial charge on any atom is -0.436 e. The molecule has 146 valence electrons. The van der Waals surface area contributed by atoms with Crippen LogP contribution in [-0.2, 0) is 0 Å². The summed E-state index contributed by atoms with van der Waals surface area (Å²) in [4.78, 5) is 17.3. The van der Waals surface area contributed by atoms with E-state index in [-0.39, 0.29) is 10.9 Å². The van der Waals surface area contributed by atoms with Gasteiger partial charge >= 0.3 is 0 Å². The van der Waals surface area contributed by atoms with Crippen molar-refractivity contribution >= 4 is 45.9 Å². The van der Waals surface area contributed by atoms with Gasteiger partial charge < -0.3 is 9.73 Å². The molecule has 0 atom stereocenters. The zero-order valence-electron chi connectivity index (χ0n) is 16.1. The number of nitrogens with zero attached hydrogens (tertiary/aromatic N) is 1. The molecule has 1 N–H and O–H groups in total. The van der Waals surface area contributed by atoms with Gasteiger partial charge in [-0.15, -0.1) is 0 Å². The monoisotopic (exact) mass is 424 g/mol. The number of carbonyl (C=O) groups excluding carboxylic acids is 1. The lowest BCUT2D eigenvalue weighted by Crippen LogP contribution is -2.12. The summed E-state index contributed by atoms with van der Waals surface area (Å²) < 4.78 is 6.04. The van der Waals surface area contributed by atoms with Crippen LogP contribution in [0, 0.1) is 20.8 Å². The van der Waals surface area contributed by atoms with Crippen LogP contribution in [0.4, 0.5) is 5.69 Å². The van der Waals surface area contributed by atoms with E-state index < -0.39 is 0 Å². The Kier molecular flexibility index (Phi) is 5.07. The lowest BCUT2D eigenvalue weighted by Gasteiger charge is -2.10. The number of carbonyl (C=O) groups is 1. The average molecular weight is 425 g/mol. The first kappa shape index (κ1) is 19.5. The van der Waals surface area contributed by atoms with Gasteiger partial charge in [0.15, 0.2) is 5.58 Å². The van der Waals surface area contributed by atoms with Crippen LogP contribution < -0.4 is 5.32 Å². The van der Waals surface area contributed by atoms with Gasteiger partial charge in [0, 0.05) is 11.3 Å². The van der Waals surface area contributed by atoms with Crippen LogP contribution in [0.1, 0.15) is 27.0 Å². The zero-order valence-corrected chi connectivity index (χ0v) is 17.7. The van der Waals surface area contributed by atoms with Gasteiger partial charge in [-0.25, -0.2) is 4.98 Å². The Morgan fingerprint density at radius 3 is 2.59 bits per heavy atom. The molecule has 4 nitrogen and oxygen atoms in total. The van der Waals surface area contributed by atoms with Crippen molar-refractivity contribution in [3.05, 3.63) is 80.8 Å². The lowest BCUT2D eigenvalue weighted by molar-refractivity contribution is 0.102. The molecule has 4 aromatic rings. The maximum Gasteiger partial charge on any atom is 0.257 e. The molecule has 1 heterocycles. The summed E-state index contributed by atoms with van der Waals surface area (Å²) in [6.07, 6.45) is 0. The van der Waals surface area contributed by atoms with E-state index in [1.165, 1.54) is 0 Å². The van der Waals surface area contributed by atoms with Crippen molar-refractivity contribution in [1.29, 1.82) is 0 Å². The number of hydrogen-bond donors (Lipinski definition) is 1. The number of nitrogens with one attached hydrogen (secondary N) is 1. The first-order valence-corrected chi connectivity index (χ1v) is 9.83. The zero-order chi connectivity index (χ0) is 20.7. The van der Waals surface area contributed by atoms with Gasteiger partial charge in [0.2, 0.25) is 5.89 Å². The van der Waals surface area contributed by atoms with Crippen LogP contribution in [0.2, 0.25) is 10.0 Å². The Bertz CT molecular complexity index is 1260. The molecule has 1 amide bonds. The molecular weight excluding hydrogens is 407 g/mol. The van der Waals surface area contributed by atoms with Gasteiger partial charge in [-0.3, -0.25) is 4.79 Å². The highest BCUT2D eigenvalue weighted by Gasteiger charge is 2.16. The third kappa shape index (κ3) is 3.74. The standard InChI is InChI=1S/C23H18Cl2N2O2/c1-12-9-14(3)21-19(10-12)27-23(29-21)17-11-15(8-7-13(17)2)26-22(28)16-5-4-6-18(24)20(16)25/h4-11H,1-3H3,(H,26,28). The highest BCUT2D eigenvalue weighted by atomic mass is 35.5. The molecule has 0 aliphatic rings. The first-order chi connectivity index (χ1) is 13.8. The highest BCUT2D eigenvalue weighted by Crippen LogP contribution is 2.32. The molecule has 0 bridgehead atoms. The Hall–Kier alpha value is -2.82. The molecule has 0 unspecified atom stereocenters. The molecule has 0 spiro atoms. The van der Waals surface area contributed by atoms with Gasteiger partial charge in [-0.2, -0.15) is 0 Å². The van der Waals surface area contributed by atoms with Crippen molar-refractivity contribution in [2.45, 2.75) is 20.8 Å². The topological polar surface area (TPSA) is 55.1 Å². The lowest BCUT2D eigenvalue weighted by atomic mass is 10.1. The second-order valence-corrected chi connectivity index (χ2v) is 7.82. The molecule has 29 heavy (non-hydrogen) atoms. The van der Waals surface area contributed by atoms with Crippen molar-refractivity contribution in [2.75, 3.05) is 5.32 Å². The fraction of sp³-hybridized carbons (Fsp3) is 0.130. The molecular formula is C23H18Cl2N2O2. The van der Waals surface area contributed by atoms with E-state index in [9.17, 15) is 4.79 Å². The van der Waals surface area contributed by atoms with Crippen molar-refractivity contribution in [3.8, 4) is 11.5 Å². The molecule has 0 radical (unpaired) electrons. The van der Waals surface area contributed by atoms with Crippen LogP contribution in [0.3, 0.4) is 0 Å². The Morgan fingerprint density at radius 1 is 1.00 bits per heavy atom. The summed E-state index contributed by atoms with van der Waals surface area (Å²) in [5, 5.41) is 3.43. The number of halogens is 2. The van der Waals surface area contributed by atoms with Gasteiger partial charge in [0.05, 0.1) is 15.6 Å². The third-order valence-electron chi connectivity index (χ3n) is 4.74. The largest absolute Gasteiger partial charge is 0.436 e. The van der Waals surface area contributed by atoms with Crippen molar-refractivity contribution < 1.29 is 9.21 Å². The molecule has 6 heteroatoms. The number of hydrogen-bond acceptors (Lipinski definition) is 3. The van der Waals surface area contributed by atoms with E-state index in [1.54, 1.807) is 18.2 Å². The second kappa shape index (κ2) is 7.54. The highest BCUT2D eigenvalue weighted by molar-refractivity contribution is 6.44. The van der Waals surface area contributed by atoms with Crippen LogP contribution in [0.15, 0.2) is 52.9 Å². The van der Waals surface area contributed by atoms with E-state index in [0.717, 1.165) is 33.4 Å². The normalized spacial score (nSPS) is 11.1. The van der Waals surface area contributed by atoms with Crippen molar-refractivity contribution in [1.82, 2.24) is 4.98 Å². The number of benzene rings is 3. The molecule has 4 rings (SSSR count). The van der Waals surface area contributed by atoms with E-state index in [1.807, 2.05) is 45.0 Å². The van der Waals surface area contributed by atoms with Gasteiger partial charge in [0.1, 0.15) is 5.52 Å². The summed E-state index contributed by atoms with van der Waals surface area (Å²) in [5.41, 5.74) is 6.48. The van der Waals surface area contributed by atoms with Crippen LogP contribution in [0.25, 0.3) is 22.6 Å². The Morgan fingerprint density at radius 2 is 1.79 bits per heavy atom. The van der Waals surface area contributed by atoms with Crippen LogP contribution >= 0.6 is 23.2 Å². The summed E-state index contributed by atoms with van der Waals surface area (Å²) >= 11 is 12.2. The number of amides is 1. The third-order valence-corrected chi connectivity index (χ3v) is 5.56. The minimum absolute atomic E-state index is 0.226. The number of rotatable bonds is 3. The maximum atomic E-state index is 12.6. The number of fused-ring (bicyclic) bond motifs is 1. The number of aryl methyl sites for hydroxylation is 3. The molecule has 1 aromatic heterocycles. The van der Waals surface area contributed by atoms with Gasteiger partial charge in [-0.1, -0.05) is 41.4 Å². The van der Waals surface area contributed by atoms with Gasteiger partial charge in [0.25, 0.3) is 5.91 Å². The van der Waals surface area contributed by atoms with Crippen LogP contribution in [-0.4, -0.2) is 10.9 Å². The fourth-order valence-electron chi connectivity index (χ4n) is 3.30. The summed E-state index contributed by atoms with van der Waals surface area (Å²) in [7, 11) is 0. The molecule has 0 aliphatic carbocycles. The molecule has 0 fully saturated rings. The predicted octanol–water partition coefficient (Wildman–Crippen LogP) is 6.98. The molecule has 3 aromatic carbocycles. The number of oxazole rings is 1. The quantitative estimate of drug-likeness (QED) is 0.385. The van der Waals surface area contributed by atoms with Crippen molar-refractivity contribution in [3.63, 3.8) is 0 Å². The SMILES string of the molecule is Cc1cc(C)c2oc(-c3cc(NC(=O)c4cccc(Cl)c4Cl)ccc3C)nc2c1. The van der Waals surface area contributed by atoms with Crippen molar-refractivity contribution in [2.24, 2.45) is 0 Å². The van der Waals surface area contributed by atoms with Crippen LogP contribution in [0.5, 0.6) is 0 Å². The fourth-order valence-corrected chi connectivity index (χ4v) is 3.69. The van der Waals surface area contributed by atoms with E-state index in [4.69, 9.17) is 27.6 Å². The second-order valence-electron chi connectivity index (χ2n) is 7.03. The molecule has 0 aliphatic heterocycles. The minimum atomic E-state index is -0.337. The van der Waals surface area contributed by atoms with E-state index in [2.05, 4.69) is 16.4 Å². The maximum absolute atomic E-state index is 12.6. The predicted molar refractivity (Wildman–Crippen MR) is 118 cm³/mol. The molecule has 0 saturated heterocycles. The van der Waals surface area contributed by atoms with E-state index >= 15 is 0 Å². The number of anilines is 1. The smallest absolute Gasteiger partial charge is 0.257 e.